The molecule has 0 aliphatic heterocycles. The van der Waals surface area contributed by atoms with E-state index in [-0.39, 0.29) is 0 Å². The summed E-state index contributed by atoms with van der Waals surface area (Å²) in [5.41, 5.74) is 7.09. The summed E-state index contributed by atoms with van der Waals surface area (Å²) in [6.07, 6.45) is 4.28. The molecule has 148 valence electrons. The molecular formula is C28H24O2. The lowest BCUT2D eigenvalue weighted by atomic mass is 10.0. The van der Waals surface area contributed by atoms with Crippen molar-refractivity contribution in [2.24, 2.45) is 0 Å². The van der Waals surface area contributed by atoms with Gasteiger partial charge in [0, 0.05) is 0 Å². The molecule has 0 saturated heterocycles. The van der Waals surface area contributed by atoms with Gasteiger partial charge in [-0.15, -0.1) is 0 Å². The number of methoxy groups -OCH3 is 2. The molecule has 0 spiro atoms. The van der Waals surface area contributed by atoms with Crippen LogP contribution in [0.1, 0.15) is 11.1 Å². The van der Waals surface area contributed by atoms with E-state index in [0.29, 0.717) is 0 Å². The molecular weight excluding hydrogens is 368 g/mol. The predicted molar refractivity (Wildman–Crippen MR) is 126 cm³/mol. The molecule has 4 aromatic rings. The average Bonchev–Trinajstić information content (AvgIpc) is 2.83. The topological polar surface area (TPSA) is 18.5 Å². The number of rotatable bonds is 6. The third-order valence-electron chi connectivity index (χ3n) is 5.14. The number of hydrogen-bond donors (Lipinski definition) is 0. The molecule has 0 aliphatic carbocycles. The van der Waals surface area contributed by atoms with Crippen molar-refractivity contribution in [2.45, 2.75) is 0 Å². The Kier molecular flexibility index (Phi) is 5.95. The van der Waals surface area contributed by atoms with Crippen molar-refractivity contribution in [1.29, 1.82) is 0 Å². The molecule has 0 unspecified atom stereocenters. The van der Waals surface area contributed by atoms with E-state index >= 15 is 0 Å². The monoisotopic (exact) mass is 392 g/mol. The second kappa shape index (κ2) is 9.15. The van der Waals surface area contributed by atoms with Crippen molar-refractivity contribution >= 4 is 12.2 Å². The first-order valence-corrected chi connectivity index (χ1v) is 9.92. The van der Waals surface area contributed by atoms with Crippen LogP contribution < -0.4 is 9.47 Å². The van der Waals surface area contributed by atoms with Gasteiger partial charge in [-0.05, 0) is 57.6 Å². The Morgan fingerprint density at radius 3 is 0.933 bits per heavy atom. The van der Waals surface area contributed by atoms with Crippen molar-refractivity contribution in [3.8, 4) is 33.8 Å². The van der Waals surface area contributed by atoms with E-state index in [1.165, 1.54) is 33.4 Å². The van der Waals surface area contributed by atoms with Crippen LogP contribution >= 0.6 is 0 Å². The first kappa shape index (κ1) is 19.5. The van der Waals surface area contributed by atoms with Gasteiger partial charge in [-0.1, -0.05) is 84.9 Å². The summed E-state index contributed by atoms with van der Waals surface area (Å²) >= 11 is 0. The summed E-state index contributed by atoms with van der Waals surface area (Å²) in [5.74, 6) is 1.74. The second-order valence-corrected chi connectivity index (χ2v) is 7.03. The summed E-state index contributed by atoms with van der Waals surface area (Å²) in [4.78, 5) is 0. The van der Waals surface area contributed by atoms with Gasteiger partial charge >= 0.3 is 0 Å². The largest absolute Gasteiger partial charge is 0.497 e. The zero-order valence-corrected chi connectivity index (χ0v) is 17.2. The van der Waals surface area contributed by atoms with E-state index < -0.39 is 0 Å². The maximum Gasteiger partial charge on any atom is 0.118 e. The highest BCUT2D eigenvalue weighted by molar-refractivity contribution is 5.74. The van der Waals surface area contributed by atoms with E-state index in [9.17, 15) is 0 Å². The molecule has 2 heteroatoms. The van der Waals surface area contributed by atoms with Crippen LogP contribution in [0.4, 0.5) is 0 Å². The fourth-order valence-electron chi connectivity index (χ4n) is 3.33. The quantitative estimate of drug-likeness (QED) is 0.323. The first-order chi connectivity index (χ1) is 14.7. The van der Waals surface area contributed by atoms with Gasteiger partial charge in [-0.3, -0.25) is 0 Å². The van der Waals surface area contributed by atoms with Crippen LogP contribution in [0.15, 0.2) is 97.1 Å². The normalized spacial score (nSPS) is 10.9. The highest BCUT2D eigenvalue weighted by Gasteiger charge is 2.00. The van der Waals surface area contributed by atoms with Crippen molar-refractivity contribution in [1.82, 2.24) is 0 Å². The summed E-state index contributed by atoms with van der Waals surface area (Å²) < 4.78 is 10.5. The molecule has 0 bridgehead atoms. The van der Waals surface area contributed by atoms with Gasteiger partial charge in [0.1, 0.15) is 11.5 Å². The van der Waals surface area contributed by atoms with Crippen LogP contribution in [0.3, 0.4) is 0 Å². The van der Waals surface area contributed by atoms with E-state index in [1.54, 1.807) is 14.2 Å². The Bertz CT molecular complexity index is 1010. The van der Waals surface area contributed by atoms with E-state index in [1.807, 2.05) is 24.3 Å². The molecule has 0 heterocycles. The maximum atomic E-state index is 5.23. The number of hydrogen-bond acceptors (Lipinski definition) is 2. The Morgan fingerprint density at radius 1 is 0.400 bits per heavy atom. The zero-order chi connectivity index (χ0) is 20.8. The summed E-state index contributed by atoms with van der Waals surface area (Å²) in [6.45, 7) is 0. The molecule has 0 atom stereocenters. The SMILES string of the molecule is COc1ccc(-c2ccc(/C=C/c3ccc(-c4ccc(OC)cc4)cc3)cc2)cc1. The lowest BCUT2D eigenvalue weighted by molar-refractivity contribution is 0.415. The summed E-state index contributed by atoms with van der Waals surface area (Å²) in [7, 11) is 3.37. The summed E-state index contributed by atoms with van der Waals surface area (Å²) in [5, 5.41) is 0. The van der Waals surface area contributed by atoms with Crippen LogP contribution in [0.2, 0.25) is 0 Å². The van der Waals surface area contributed by atoms with E-state index in [4.69, 9.17) is 9.47 Å². The highest BCUT2D eigenvalue weighted by atomic mass is 16.5. The maximum absolute atomic E-state index is 5.23. The first-order valence-electron chi connectivity index (χ1n) is 9.92. The molecule has 0 fully saturated rings. The fourth-order valence-corrected chi connectivity index (χ4v) is 3.33. The second-order valence-electron chi connectivity index (χ2n) is 7.03. The Morgan fingerprint density at radius 2 is 0.667 bits per heavy atom. The predicted octanol–water partition coefficient (Wildman–Crippen LogP) is 7.21. The van der Waals surface area contributed by atoms with Gasteiger partial charge in [-0.2, -0.15) is 0 Å². The van der Waals surface area contributed by atoms with Crippen LogP contribution in [-0.4, -0.2) is 14.2 Å². The van der Waals surface area contributed by atoms with E-state index in [2.05, 4.69) is 84.9 Å². The molecule has 4 rings (SSSR count). The average molecular weight is 392 g/mol. The molecule has 0 aromatic heterocycles. The van der Waals surface area contributed by atoms with Crippen molar-refractivity contribution in [3.63, 3.8) is 0 Å². The molecule has 30 heavy (non-hydrogen) atoms. The highest BCUT2D eigenvalue weighted by Crippen LogP contribution is 2.25. The van der Waals surface area contributed by atoms with Gasteiger partial charge in [-0.25, -0.2) is 0 Å². The molecule has 0 aliphatic rings. The van der Waals surface area contributed by atoms with Crippen LogP contribution in [0.5, 0.6) is 11.5 Å². The van der Waals surface area contributed by atoms with Crippen molar-refractivity contribution < 1.29 is 9.47 Å². The van der Waals surface area contributed by atoms with Crippen molar-refractivity contribution in [3.05, 3.63) is 108 Å². The lowest BCUT2D eigenvalue weighted by Gasteiger charge is -2.05. The van der Waals surface area contributed by atoms with Gasteiger partial charge in [0.05, 0.1) is 14.2 Å². The van der Waals surface area contributed by atoms with Crippen LogP contribution in [0, 0.1) is 0 Å². The molecule has 0 saturated carbocycles. The van der Waals surface area contributed by atoms with Crippen LogP contribution in [0.25, 0.3) is 34.4 Å². The minimum absolute atomic E-state index is 0.872. The number of benzene rings is 4. The number of ether oxygens (including phenoxy) is 2. The smallest absolute Gasteiger partial charge is 0.118 e. The molecule has 4 aromatic carbocycles. The fraction of sp³-hybridized carbons (Fsp3) is 0.0714. The lowest BCUT2D eigenvalue weighted by Crippen LogP contribution is -1.83. The minimum Gasteiger partial charge on any atom is -0.497 e. The molecule has 0 N–H and O–H groups in total. The molecule has 2 nitrogen and oxygen atoms in total. The summed E-state index contributed by atoms with van der Waals surface area (Å²) in [6, 6.07) is 33.4. The third-order valence-corrected chi connectivity index (χ3v) is 5.14. The van der Waals surface area contributed by atoms with Gasteiger partial charge in [0.2, 0.25) is 0 Å². The zero-order valence-electron chi connectivity index (χ0n) is 17.2. The Balaban J connectivity index is 1.43. The molecule has 0 radical (unpaired) electrons. The van der Waals surface area contributed by atoms with Gasteiger partial charge < -0.3 is 9.47 Å². The van der Waals surface area contributed by atoms with Crippen molar-refractivity contribution in [2.75, 3.05) is 14.2 Å². The Hall–Kier alpha value is -3.78. The minimum atomic E-state index is 0.872. The third kappa shape index (κ3) is 4.61. The standard InChI is InChI=1S/C28H24O2/c1-29-27-17-13-25(14-18-27)23-9-5-21(6-10-23)3-4-22-7-11-24(12-8-22)26-15-19-28(30-2)20-16-26/h3-20H,1-2H3/b4-3+. The van der Waals surface area contributed by atoms with Crippen LogP contribution in [-0.2, 0) is 0 Å². The van der Waals surface area contributed by atoms with Gasteiger partial charge in [0.25, 0.3) is 0 Å². The molecule has 0 amide bonds. The van der Waals surface area contributed by atoms with Gasteiger partial charge in [0.15, 0.2) is 0 Å². The Labute approximate surface area is 178 Å². The van der Waals surface area contributed by atoms with E-state index in [0.717, 1.165) is 11.5 Å².